The first kappa shape index (κ1) is 16.3. The molecule has 0 aromatic heterocycles. The van der Waals surface area contributed by atoms with Crippen LogP contribution in [0.15, 0.2) is 48.5 Å². The van der Waals surface area contributed by atoms with E-state index >= 15 is 0 Å². The van der Waals surface area contributed by atoms with Gasteiger partial charge in [0, 0.05) is 32.7 Å². The van der Waals surface area contributed by atoms with Crippen molar-refractivity contribution in [3.8, 4) is 11.5 Å². The van der Waals surface area contributed by atoms with Gasteiger partial charge in [0.25, 0.3) is 0 Å². The fraction of sp³-hybridized carbons (Fsp3) is 0.278. The summed E-state index contributed by atoms with van der Waals surface area (Å²) in [6.07, 6.45) is -0.880. The number of hydrogen-bond donors (Lipinski definition) is 1. The zero-order valence-electron chi connectivity index (χ0n) is 13.2. The van der Waals surface area contributed by atoms with Crippen molar-refractivity contribution in [1.29, 1.82) is 0 Å². The molecule has 6 heteroatoms. The molecule has 0 unspecified atom stereocenters. The molecule has 1 amide bonds. The van der Waals surface area contributed by atoms with Crippen LogP contribution in [0.25, 0.3) is 0 Å². The first-order chi connectivity index (χ1) is 11.6. The summed E-state index contributed by atoms with van der Waals surface area (Å²) < 4.78 is 19.6. The van der Waals surface area contributed by atoms with Gasteiger partial charge in [-0.2, -0.15) is 0 Å². The highest BCUT2D eigenvalue weighted by Gasteiger charge is 2.20. The minimum atomic E-state index is -0.880. The maximum Gasteiger partial charge on any atom is 0.407 e. The van der Waals surface area contributed by atoms with Gasteiger partial charge in [-0.15, -0.1) is 0 Å². The maximum atomic E-state index is 14.0. The van der Waals surface area contributed by atoms with Crippen molar-refractivity contribution in [3.63, 3.8) is 0 Å². The first-order valence-corrected chi connectivity index (χ1v) is 7.83. The number of carboxylic acid groups (broad SMARTS) is 1. The Morgan fingerprint density at radius 3 is 2.46 bits per heavy atom. The van der Waals surface area contributed by atoms with E-state index in [0.717, 1.165) is 5.56 Å². The number of halogens is 1. The van der Waals surface area contributed by atoms with Crippen molar-refractivity contribution < 1.29 is 19.0 Å². The molecule has 2 aromatic carbocycles. The molecule has 1 aliphatic heterocycles. The second-order valence-electron chi connectivity index (χ2n) is 5.73. The maximum absolute atomic E-state index is 14.0. The van der Waals surface area contributed by atoms with Gasteiger partial charge in [-0.25, -0.2) is 9.18 Å². The Hall–Kier alpha value is -2.60. The predicted molar refractivity (Wildman–Crippen MR) is 87.8 cm³/mol. The molecule has 5 nitrogen and oxygen atoms in total. The first-order valence-electron chi connectivity index (χ1n) is 7.83. The summed E-state index contributed by atoms with van der Waals surface area (Å²) in [4.78, 5) is 14.5. The molecule has 126 valence electrons. The Morgan fingerprint density at radius 1 is 1.08 bits per heavy atom. The van der Waals surface area contributed by atoms with Crippen LogP contribution in [0.3, 0.4) is 0 Å². The molecule has 1 aliphatic rings. The van der Waals surface area contributed by atoms with Crippen molar-refractivity contribution in [2.75, 3.05) is 26.2 Å². The summed E-state index contributed by atoms with van der Waals surface area (Å²) in [6, 6.07) is 13.9. The van der Waals surface area contributed by atoms with Gasteiger partial charge >= 0.3 is 6.09 Å². The molecule has 1 heterocycles. The van der Waals surface area contributed by atoms with Crippen LogP contribution in [0.5, 0.6) is 11.5 Å². The zero-order valence-corrected chi connectivity index (χ0v) is 13.2. The molecule has 1 N–H and O–H groups in total. The molecule has 0 aliphatic carbocycles. The highest BCUT2D eigenvalue weighted by Crippen LogP contribution is 2.26. The van der Waals surface area contributed by atoms with Crippen LogP contribution in [-0.4, -0.2) is 47.2 Å². The average Bonchev–Trinajstić information content (AvgIpc) is 2.59. The van der Waals surface area contributed by atoms with Crippen molar-refractivity contribution in [2.45, 2.75) is 6.54 Å². The smallest absolute Gasteiger partial charge is 0.407 e. The highest BCUT2D eigenvalue weighted by molar-refractivity contribution is 5.65. The van der Waals surface area contributed by atoms with Crippen molar-refractivity contribution in [1.82, 2.24) is 9.80 Å². The summed E-state index contributed by atoms with van der Waals surface area (Å²) in [5.74, 6) is 0.379. The summed E-state index contributed by atoms with van der Waals surface area (Å²) in [5.41, 5.74) is 0.936. The van der Waals surface area contributed by atoms with Crippen molar-refractivity contribution in [2.24, 2.45) is 0 Å². The average molecular weight is 330 g/mol. The lowest BCUT2D eigenvalue weighted by Gasteiger charge is -2.33. The van der Waals surface area contributed by atoms with Gasteiger partial charge in [0.15, 0.2) is 11.6 Å². The predicted octanol–water partition coefficient (Wildman–Crippen LogP) is 3.41. The SMILES string of the molecule is O=C(O)N1CCN(Cc2ccc(F)c(Oc3ccccc3)c2)CC1. The van der Waals surface area contributed by atoms with E-state index in [1.165, 1.54) is 11.0 Å². The molecule has 3 rings (SSSR count). The molecule has 0 spiro atoms. The lowest BCUT2D eigenvalue weighted by molar-refractivity contribution is 0.103. The van der Waals surface area contributed by atoms with Crippen LogP contribution in [0, 0.1) is 5.82 Å². The van der Waals surface area contributed by atoms with Crippen LogP contribution in [0.1, 0.15) is 5.56 Å². The van der Waals surface area contributed by atoms with E-state index in [-0.39, 0.29) is 5.75 Å². The Kier molecular flexibility index (Phi) is 4.96. The molecule has 1 saturated heterocycles. The van der Waals surface area contributed by atoms with E-state index < -0.39 is 11.9 Å². The van der Waals surface area contributed by atoms with E-state index in [9.17, 15) is 9.18 Å². The fourth-order valence-corrected chi connectivity index (χ4v) is 2.70. The number of para-hydroxylation sites is 1. The van der Waals surface area contributed by atoms with E-state index in [4.69, 9.17) is 9.84 Å². The molecule has 1 fully saturated rings. The van der Waals surface area contributed by atoms with E-state index in [2.05, 4.69) is 4.90 Å². The van der Waals surface area contributed by atoms with Crippen LogP contribution in [-0.2, 0) is 6.54 Å². The Bertz CT molecular complexity index is 701. The number of benzene rings is 2. The van der Waals surface area contributed by atoms with Gasteiger partial charge in [-0.3, -0.25) is 4.90 Å². The summed E-state index contributed by atoms with van der Waals surface area (Å²) in [7, 11) is 0. The molecule has 0 radical (unpaired) electrons. The van der Waals surface area contributed by atoms with Crippen LogP contribution < -0.4 is 4.74 Å². The number of piperazine rings is 1. The third kappa shape index (κ3) is 4.02. The number of nitrogens with zero attached hydrogens (tertiary/aromatic N) is 2. The number of hydrogen-bond acceptors (Lipinski definition) is 3. The molecule has 0 saturated carbocycles. The Balaban J connectivity index is 1.65. The molecule has 2 aromatic rings. The van der Waals surface area contributed by atoms with Gasteiger partial charge in [-0.05, 0) is 29.8 Å². The normalized spacial score (nSPS) is 15.3. The summed E-state index contributed by atoms with van der Waals surface area (Å²) in [5, 5.41) is 8.97. The molecular formula is C18H19FN2O3. The second kappa shape index (κ2) is 7.31. The summed E-state index contributed by atoms with van der Waals surface area (Å²) >= 11 is 0. The van der Waals surface area contributed by atoms with Gasteiger partial charge in [0.1, 0.15) is 5.75 Å². The van der Waals surface area contributed by atoms with Gasteiger partial charge in [-0.1, -0.05) is 24.3 Å². The number of carbonyl (C=O) groups is 1. The second-order valence-corrected chi connectivity index (χ2v) is 5.73. The topological polar surface area (TPSA) is 53.0 Å². The third-order valence-corrected chi connectivity index (χ3v) is 4.02. The number of amides is 1. The number of ether oxygens (including phenoxy) is 1. The van der Waals surface area contributed by atoms with Gasteiger partial charge in [0.2, 0.25) is 0 Å². The van der Waals surface area contributed by atoms with Crippen molar-refractivity contribution >= 4 is 6.09 Å². The van der Waals surface area contributed by atoms with Crippen LogP contribution >= 0.6 is 0 Å². The summed E-state index contributed by atoms with van der Waals surface area (Å²) in [6.45, 7) is 2.95. The van der Waals surface area contributed by atoms with Gasteiger partial charge < -0.3 is 14.7 Å². The molecule has 0 bridgehead atoms. The third-order valence-electron chi connectivity index (χ3n) is 4.02. The highest BCUT2D eigenvalue weighted by atomic mass is 19.1. The lowest BCUT2D eigenvalue weighted by atomic mass is 10.1. The van der Waals surface area contributed by atoms with E-state index in [0.29, 0.717) is 38.5 Å². The quantitative estimate of drug-likeness (QED) is 0.933. The van der Waals surface area contributed by atoms with E-state index in [1.54, 1.807) is 24.3 Å². The zero-order chi connectivity index (χ0) is 16.9. The largest absolute Gasteiger partial charge is 0.465 e. The lowest BCUT2D eigenvalue weighted by Crippen LogP contribution is -2.47. The monoisotopic (exact) mass is 330 g/mol. The fourth-order valence-electron chi connectivity index (χ4n) is 2.70. The molecular weight excluding hydrogens is 311 g/mol. The van der Waals surface area contributed by atoms with Crippen molar-refractivity contribution in [3.05, 3.63) is 59.9 Å². The van der Waals surface area contributed by atoms with E-state index in [1.807, 2.05) is 18.2 Å². The van der Waals surface area contributed by atoms with Gasteiger partial charge in [0.05, 0.1) is 0 Å². The standard InChI is InChI=1S/C18H19FN2O3/c19-16-7-6-14(12-17(16)24-15-4-2-1-3-5-15)13-20-8-10-21(11-9-20)18(22)23/h1-7,12H,8-11,13H2,(H,22,23). The minimum absolute atomic E-state index is 0.197. The Labute approximate surface area is 139 Å². The number of rotatable bonds is 4. The minimum Gasteiger partial charge on any atom is -0.465 e. The molecule has 0 atom stereocenters. The molecule has 24 heavy (non-hydrogen) atoms. The van der Waals surface area contributed by atoms with Crippen LogP contribution in [0.4, 0.5) is 9.18 Å². The Morgan fingerprint density at radius 2 is 1.79 bits per heavy atom. The van der Waals surface area contributed by atoms with Crippen LogP contribution in [0.2, 0.25) is 0 Å².